The molecule has 0 heterocycles. The van der Waals surface area contributed by atoms with E-state index in [1.165, 1.54) is 44.6 Å². The highest BCUT2D eigenvalue weighted by Gasteiger charge is 2.24. The number of methoxy groups -OCH3 is 2. The summed E-state index contributed by atoms with van der Waals surface area (Å²) < 4.78 is 36.2. The lowest BCUT2D eigenvalue weighted by atomic mass is 9.96. The van der Waals surface area contributed by atoms with Crippen molar-refractivity contribution in [2.75, 3.05) is 20.0 Å². The number of phenolic OH excluding ortho intramolecular Hbond substituents is 3. The molecule has 0 radical (unpaired) electrons. The van der Waals surface area contributed by atoms with Crippen LogP contribution in [0.3, 0.4) is 0 Å². The second kappa shape index (κ2) is 9.46. The van der Waals surface area contributed by atoms with Crippen LogP contribution in [0.25, 0.3) is 22.3 Å². The molecule has 0 atom stereocenters. The van der Waals surface area contributed by atoms with Crippen molar-refractivity contribution in [3.8, 4) is 51.0 Å². The van der Waals surface area contributed by atoms with E-state index in [9.17, 15) is 23.7 Å². The molecule has 0 aliphatic rings. The molecular weight excluding hydrogens is 444 g/mol. The van der Waals surface area contributed by atoms with Crippen LogP contribution in [0.5, 0.6) is 28.7 Å². The number of phenols is 3. The molecule has 3 N–H and O–H groups in total. The molecule has 7 nitrogen and oxygen atoms in total. The SMILES string of the molecule is COc1cc(-c2ccc(O)cc2)c(OC)c(O)c1-c1ccc(S(=O)(=O)CC=C(C)C)c(O)c1. The van der Waals surface area contributed by atoms with Gasteiger partial charge in [0.2, 0.25) is 0 Å². The number of allylic oxidation sites excluding steroid dienone is 1. The Morgan fingerprint density at radius 1 is 0.909 bits per heavy atom. The monoisotopic (exact) mass is 470 g/mol. The number of sulfone groups is 1. The summed E-state index contributed by atoms with van der Waals surface area (Å²) in [5.41, 5.74) is 2.64. The van der Waals surface area contributed by atoms with Crippen LogP contribution in [0.1, 0.15) is 13.8 Å². The standard InChI is InChI=1S/C25H26O7S/c1-15(2)11-12-33(29,30)22-10-7-17(13-20(22)27)23-21(31-3)14-19(25(32-4)24(23)28)16-5-8-18(26)9-6-16/h5-11,13-14,26-28H,12H2,1-4H3. The molecule has 3 aromatic rings. The lowest BCUT2D eigenvalue weighted by molar-refractivity contribution is 0.369. The fraction of sp³-hybridized carbons (Fsp3) is 0.200. The van der Waals surface area contributed by atoms with E-state index >= 15 is 0 Å². The van der Waals surface area contributed by atoms with Crippen LogP contribution in [-0.4, -0.2) is 43.7 Å². The van der Waals surface area contributed by atoms with Crippen molar-refractivity contribution in [1.29, 1.82) is 0 Å². The predicted molar refractivity (Wildman–Crippen MR) is 127 cm³/mol. The van der Waals surface area contributed by atoms with Crippen molar-refractivity contribution < 1.29 is 33.2 Å². The van der Waals surface area contributed by atoms with E-state index in [0.29, 0.717) is 16.7 Å². The fourth-order valence-electron chi connectivity index (χ4n) is 3.43. The lowest BCUT2D eigenvalue weighted by Crippen LogP contribution is -2.05. The number of hydrogen-bond acceptors (Lipinski definition) is 7. The van der Waals surface area contributed by atoms with Gasteiger partial charge in [0.05, 0.1) is 25.5 Å². The second-order valence-electron chi connectivity index (χ2n) is 7.68. The smallest absolute Gasteiger partial charge is 0.185 e. The van der Waals surface area contributed by atoms with E-state index in [0.717, 1.165) is 5.57 Å². The fourth-order valence-corrected chi connectivity index (χ4v) is 4.82. The van der Waals surface area contributed by atoms with Crippen LogP contribution in [0.4, 0.5) is 0 Å². The minimum Gasteiger partial charge on any atom is -0.508 e. The minimum atomic E-state index is -3.74. The molecule has 174 valence electrons. The van der Waals surface area contributed by atoms with Crippen molar-refractivity contribution in [2.45, 2.75) is 18.7 Å². The normalized spacial score (nSPS) is 11.2. The van der Waals surface area contributed by atoms with Crippen molar-refractivity contribution >= 4 is 9.84 Å². The molecule has 0 amide bonds. The summed E-state index contributed by atoms with van der Waals surface area (Å²) >= 11 is 0. The molecule has 0 fully saturated rings. The molecule has 0 saturated heterocycles. The summed E-state index contributed by atoms with van der Waals surface area (Å²) in [5.74, 6) is -0.351. The molecule has 3 aromatic carbocycles. The Morgan fingerprint density at radius 2 is 1.55 bits per heavy atom. The third-order valence-corrected chi connectivity index (χ3v) is 6.74. The minimum absolute atomic E-state index is 0.0978. The summed E-state index contributed by atoms with van der Waals surface area (Å²) in [4.78, 5) is -0.199. The highest BCUT2D eigenvalue weighted by molar-refractivity contribution is 7.91. The topological polar surface area (TPSA) is 113 Å². The first kappa shape index (κ1) is 24.0. The molecule has 0 aliphatic heterocycles. The van der Waals surface area contributed by atoms with Crippen molar-refractivity contribution in [3.63, 3.8) is 0 Å². The third-order valence-electron chi connectivity index (χ3n) is 5.11. The molecule has 0 aliphatic carbocycles. The molecule has 0 unspecified atom stereocenters. The Hall–Kier alpha value is -3.65. The van der Waals surface area contributed by atoms with Gasteiger partial charge >= 0.3 is 0 Å². The Morgan fingerprint density at radius 3 is 2.09 bits per heavy atom. The number of hydrogen-bond donors (Lipinski definition) is 3. The number of ether oxygens (including phenoxy) is 2. The van der Waals surface area contributed by atoms with E-state index in [4.69, 9.17) is 9.47 Å². The maximum absolute atomic E-state index is 12.6. The zero-order valence-electron chi connectivity index (χ0n) is 18.8. The van der Waals surface area contributed by atoms with Gasteiger partial charge in [0.1, 0.15) is 22.1 Å². The zero-order chi connectivity index (χ0) is 24.3. The average Bonchev–Trinajstić information content (AvgIpc) is 2.77. The summed E-state index contributed by atoms with van der Waals surface area (Å²) in [6, 6.07) is 12.1. The number of rotatable bonds is 7. The molecule has 3 rings (SSSR count). The van der Waals surface area contributed by atoms with Crippen molar-refractivity contribution in [3.05, 3.63) is 60.2 Å². The van der Waals surface area contributed by atoms with Crippen LogP contribution in [-0.2, 0) is 9.84 Å². The summed E-state index contributed by atoms with van der Waals surface area (Å²) in [7, 11) is -0.893. The van der Waals surface area contributed by atoms with Gasteiger partial charge in [-0.05, 0) is 55.3 Å². The van der Waals surface area contributed by atoms with Crippen LogP contribution >= 0.6 is 0 Å². The van der Waals surface area contributed by atoms with Gasteiger partial charge in [0.25, 0.3) is 0 Å². The van der Waals surface area contributed by atoms with Gasteiger partial charge in [0.15, 0.2) is 21.3 Å². The Labute approximate surface area is 193 Å². The van der Waals surface area contributed by atoms with Gasteiger partial charge in [0, 0.05) is 5.56 Å². The molecule has 8 heteroatoms. The summed E-state index contributed by atoms with van der Waals surface area (Å²) in [6.45, 7) is 3.59. The van der Waals surface area contributed by atoms with Crippen LogP contribution in [0.2, 0.25) is 0 Å². The summed E-state index contributed by atoms with van der Waals surface area (Å²) in [5, 5.41) is 31.1. The largest absolute Gasteiger partial charge is 0.508 e. The highest BCUT2D eigenvalue weighted by Crippen LogP contribution is 2.50. The predicted octanol–water partition coefficient (Wildman–Crippen LogP) is 4.89. The quantitative estimate of drug-likeness (QED) is 0.421. The van der Waals surface area contributed by atoms with Crippen molar-refractivity contribution in [2.24, 2.45) is 0 Å². The Balaban J connectivity index is 2.16. The van der Waals surface area contributed by atoms with Gasteiger partial charge in [-0.25, -0.2) is 8.42 Å². The molecule has 33 heavy (non-hydrogen) atoms. The van der Waals surface area contributed by atoms with E-state index in [2.05, 4.69) is 0 Å². The van der Waals surface area contributed by atoms with E-state index in [-0.39, 0.29) is 39.2 Å². The average molecular weight is 471 g/mol. The van der Waals surface area contributed by atoms with Crippen molar-refractivity contribution in [1.82, 2.24) is 0 Å². The Kier molecular flexibility index (Phi) is 6.88. The van der Waals surface area contributed by atoms with Crippen LogP contribution < -0.4 is 9.47 Å². The molecule has 0 saturated carbocycles. The maximum atomic E-state index is 12.6. The first-order valence-corrected chi connectivity index (χ1v) is 11.7. The van der Waals surface area contributed by atoms with Gasteiger partial charge in [-0.1, -0.05) is 29.8 Å². The molecule has 0 bridgehead atoms. The molecule has 0 aromatic heterocycles. The van der Waals surface area contributed by atoms with E-state index < -0.39 is 15.6 Å². The molecule has 0 spiro atoms. The van der Waals surface area contributed by atoms with Gasteiger partial charge in [-0.2, -0.15) is 0 Å². The Bertz CT molecular complexity index is 1300. The summed E-state index contributed by atoms with van der Waals surface area (Å²) in [6.07, 6.45) is 1.57. The number of benzene rings is 3. The van der Waals surface area contributed by atoms with Crippen LogP contribution in [0, 0.1) is 0 Å². The first-order chi connectivity index (χ1) is 15.6. The van der Waals surface area contributed by atoms with Gasteiger partial charge in [-0.15, -0.1) is 0 Å². The maximum Gasteiger partial charge on any atom is 0.185 e. The van der Waals surface area contributed by atoms with E-state index in [1.54, 1.807) is 38.1 Å². The lowest BCUT2D eigenvalue weighted by Gasteiger charge is -2.18. The zero-order valence-corrected chi connectivity index (χ0v) is 19.6. The molecular formula is C25H26O7S. The first-order valence-electron chi connectivity index (χ1n) is 10.1. The highest BCUT2D eigenvalue weighted by atomic mass is 32.2. The van der Waals surface area contributed by atoms with Crippen LogP contribution in [0.15, 0.2) is 65.1 Å². The number of aromatic hydroxyl groups is 3. The van der Waals surface area contributed by atoms with E-state index in [1.807, 2.05) is 0 Å². The van der Waals surface area contributed by atoms with Gasteiger partial charge in [-0.3, -0.25) is 0 Å². The second-order valence-corrected chi connectivity index (χ2v) is 9.68. The van der Waals surface area contributed by atoms with Gasteiger partial charge < -0.3 is 24.8 Å². The third kappa shape index (κ3) is 4.90.